The topological polar surface area (TPSA) is 85.9 Å². The summed E-state index contributed by atoms with van der Waals surface area (Å²) in [4.78, 5) is 18.0. The van der Waals surface area contributed by atoms with Crippen LogP contribution in [0.15, 0.2) is 71.7 Å². The van der Waals surface area contributed by atoms with Crippen molar-refractivity contribution in [3.05, 3.63) is 83.4 Å². The quantitative estimate of drug-likeness (QED) is 0.611. The van der Waals surface area contributed by atoms with Crippen LogP contribution in [-0.2, 0) is 11.3 Å². The molecule has 1 heterocycles. The molecule has 0 saturated carbocycles. The fraction of sp³-hybridized carbons (Fsp3) is 0.167. The summed E-state index contributed by atoms with van der Waals surface area (Å²) < 4.78 is 10.8. The molecule has 0 aromatic heterocycles. The minimum absolute atomic E-state index is 0.145. The van der Waals surface area contributed by atoms with E-state index >= 15 is 0 Å². The second-order valence-corrected chi connectivity index (χ2v) is 6.95. The number of ether oxygens (including phenoxy) is 2. The number of nitrogens with two attached hydrogens (primary N) is 1. The van der Waals surface area contributed by atoms with Crippen LogP contribution in [-0.4, -0.2) is 25.8 Å². The Bertz CT molecular complexity index is 1110. The van der Waals surface area contributed by atoms with Gasteiger partial charge in [-0.05, 0) is 41.0 Å². The van der Waals surface area contributed by atoms with E-state index in [9.17, 15) is 4.79 Å². The number of fused-ring (bicyclic) bond motifs is 1. The first-order chi connectivity index (χ1) is 14.6. The van der Waals surface area contributed by atoms with E-state index in [2.05, 4.69) is 5.32 Å². The van der Waals surface area contributed by atoms with Crippen LogP contribution in [0.25, 0.3) is 0 Å². The predicted octanol–water partition coefficient (Wildman–Crippen LogP) is 4.02. The third-order valence-corrected chi connectivity index (χ3v) is 5.12. The van der Waals surface area contributed by atoms with Gasteiger partial charge in [0.2, 0.25) is 5.91 Å². The summed E-state index contributed by atoms with van der Waals surface area (Å²) in [6.45, 7) is 0.408. The molecule has 1 unspecified atom stereocenters. The zero-order valence-electron chi connectivity index (χ0n) is 16.9. The summed E-state index contributed by atoms with van der Waals surface area (Å²) in [5.74, 6) is 0.387. The lowest BCUT2D eigenvalue weighted by atomic mass is 9.89. The molecular weight excluding hydrogens is 378 g/mol. The van der Waals surface area contributed by atoms with Gasteiger partial charge >= 0.3 is 0 Å². The van der Waals surface area contributed by atoms with Crippen LogP contribution in [0.1, 0.15) is 22.6 Å². The minimum atomic E-state index is -0.590. The van der Waals surface area contributed by atoms with Crippen molar-refractivity contribution in [2.45, 2.75) is 12.5 Å². The van der Waals surface area contributed by atoms with Crippen LogP contribution in [0.4, 0.5) is 11.4 Å². The van der Waals surface area contributed by atoms with Gasteiger partial charge in [-0.15, -0.1) is 0 Å². The maximum absolute atomic E-state index is 13.1. The van der Waals surface area contributed by atoms with E-state index in [1.807, 2.05) is 60.7 Å². The molecule has 0 aliphatic carbocycles. The van der Waals surface area contributed by atoms with Crippen molar-refractivity contribution in [3.8, 4) is 11.5 Å². The van der Waals surface area contributed by atoms with Gasteiger partial charge in [-0.2, -0.15) is 0 Å². The van der Waals surface area contributed by atoms with Crippen LogP contribution in [0.3, 0.4) is 0 Å². The maximum atomic E-state index is 13.1. The minimum Gasteiger partial charge on any atom is -0.493 e. The summed E-state index contributed by atoms with van der Waals surface area (Å²) >= 11 is 0. The molecule has 4 rings (SSSR count). The molecule has 0 spiro atoms. The monoisotopic (exact) mass is 401 g/mol. The van der Waals surface area contributed by atoms with Gasteiger partial charge in [0.15, 0.2) is 11.5 Å². The first kappa shape index (κ1) is 19.7. The number of nitrogens with one attached hydrogen (secondary N) is 1. The second-order valence-electron chi connectivity index (χ2n) is 6.95. The van der Waals surface area contributed by atoms with Crippen molar-refractivity contribution in [1.29, 1.82) is 0 Å². The number of carbonyl (C=O) groups excluding carboxylic acids is 1. The summed E-state index contributed by atoms with van der Waals surface area (Å²) in [7, 11) is 3.15. The third kappa shape index (κ3) is 3.65. The van der Waals surface area contributed by atoms with Crippen LogP contribution in [0, 0.1) is 0 Å². The van der Waals surface area contributed by atoms with Gasteiger partial charge in [0, 0.05) is 18.3 Å². The number of hydrogen-bond donors (Lipinski definition) is 2. The number of nitrogens with zero attached hydrogens (tertiary/aromatic N) is 1. The van der Waals surface area contributed by atoms with Gasteiger partial charge in [-0.1, -0.05) is 36.4 Å². The highest BCUT2D eigenvalue weighted by atomic mass is 16.5. The average molecular weight is 401 g/mol. The molecule has 3 aromatic carbocycles. The Morgan fingerprint density at radius 3 is 2.43 bits per heavy atom. The SMILES string of the molecule is COc1cc2c(cc1OC)C(C(=Nc1ccccc1)c1cccc(CN)c1)C(=O)N2. The van der Waals surface area contributed by atoms with E-state index in [4.69, 9.17) is 20.2 Å². The summed E-state index contributed by atoms with van der Waals surface area (Å²) in [6.07, 6.45) is 0. The van der Waals surface area contributed by atoms with E-state index < -0.39 is 5.92 Å². The lowest BCUT2D eigenvalue weighted by Gasteiger charge is -2.16. The number of methoxy groups -OCH3 is 2. The highest BCUT2D eigenvalue weighted by Gasteiger charge is 2.36. The van der Waals surface area contributed by atoms with E-state index in [1.165, 1.54) is 0 Å². The number of anilines is 1. The van der Waals surface area contributed by atoms with E-state index in [1.54, 1.807) is 20.3 Å². The fourth-order valence-electron chi connectivity index (χ4n) is 3.65. The third-order valence-electron chi connectivity index (χ3n) is 5.12. The Labute approximate surface area is 175 Å². The maximum Gasteiger partial charge on any atom is 0.238 e. The van der Waals surface area contributed by atoms with Gasteiger partial charge in [0.05, 0.1) is 25.6 Å². The summed E-state index contributed by atoms with van der Waals surface area (Å²) in [5, 5.41) is 2.96. The van der Waals surface area contributed by atoms with Crippen LogP contribution in [0.2, 0.25) is 0 Å². The van der Waals surface area contributed by atoms with Crippen molar-refractivity contribution in [3.63, 3.8) is 0 Å². The van der Waals surface area contributed by atoms with Crippen molar-refractivity contribution in [2.75, 3.05) is 19.5 Å². The molecule has 152 valence electrons. The van der Waals surface area contributed by atoms with Crippen LogP contribution in [0.5, 0.6) is 11.5 Å². The molecule has 3 aromatic rings. The molecular formula is C24H23N3O3. The molecule has 6 heteroatoms. The van der Waals surface area contributed by atoms with Crippen molar-refractivity contribution in [2.24, 2.45) is 10.7 Å². The first-order valence-corrected chi connectivity index (χ1v) is 9.64. The fourth-order valence-corrected chi connectivity index (χ4v) is 3.65. The lowest BCUT2D eigenvalue weighted by Crippen LogP contribution is -2.22. The number of hydrogen-bond acceptors (Lipinski definition) is 5. The highest BCUT2D eigenvalue weighted by Crippen LogP contribution is 2.42. The number of benzene rings is 3. The summed E-state index contributed by atoms with van der Waals surface area (Å²) in [5.41, 5.74) is 10.6. The van der Waals surface area contributed by atoms with Gasteiger partial charge in [0.1, 0.15) is 5.92 Å². The molecule has 3 N–H and O–H groups in total. The second kappa shape index (κ2) is 8.39. The van der Waals surface area contributed by atoms with Gasteiger partial charge in [-0.25, -0.2) is 0 Å². The first-order valence-electron chi connectivity index (χ1n) is 9.64. The molecule has 1 aliphatic heterocycles. The Balaban J connectivity index is 1.90. The van der Waals surface area contributed by atoms with Gasteiger partial charge in [0.25, 0.3) is 0 Å². The Kier molecular flexibility index (Phi) is 5.50. The number of amides is 1. The van der Waals surface area contributed by atoms with E-state index in [0.717, 1.165) is 22.4 Å². The molecule has 0 saturated heterocycles. The normalized spacial score (nSPS) is 15.5. The van der Waals surface area contributed by atoms with E-state index in [-0.39, 0.29) is 5.91 Å². The Morgan fingerprint density at radius 1 is 1.00 bits per heavy atom. The molecule has 1 atom stereocenters. The van der Waals surface area contributed by atoms with Gasteiger partial charge in [-0.3, -0.25) is 9.79 Å². The predicted molar refractivity (Wildman–Crippen MR) is 118 cm³/mol. The molecule has 6 nitrogen and oxygen atoms in total. The molecule has 0 bridgehead atoms. The molecule has 0 radical (unpaired) electrons. The number of rotatable bonds is 6. The Morgan fingerprint density at radius 2 is 1.73 bits per heavy atom. The molecule has 1 aliphatic rings. The smallest absolute Gasteiger partial charge is 0.238 e. The Hall–Kier alpha value is -3.64. The number of aliphatic imine (C=N–C) groups is 1. The van der Waals surface area contributed by atoms with Crippen LogP contribution < -0.4 is 20.5 Å². The zero-order chi connectivity index (χ0) is 21.1. The lowest BCUT2D eigenvalue weighted by molar-refractivity contribution is -0.115. The van der Waals surface area contributed by atoms with Crippen molar-refractivity contribution >= 4 is 23.0 Å². The zero-order valence-corrected chi connectivity index (χ0v) is 16.9. The molecule has 0 fully saturated rings. The number of para-hydroxylation sites is 1. The average Bonchev–Trinajstić information content (AvgIpc) is 3.11. The standard InChI is InChI=1S/C24H23N3O3/c1-29-20-12-18-19(13-21(20)30-2)27-24(28)22(18)23(26-17-9-4-3-5-10-17)16-8-6-7-15(11-16)14-25/h3-13,22H,14,25H2,1-2H3,(H,27,28). The number of carbonyl (C=O) groups is 1. The molecule has 30 heavy (non-hydrogen) atoms. The van der Waals surface area contributed by atoms with E-state index in [0.29, 0.717) is 29.4 Å². The molecule has 1 amide bonds. The van der Waals surface area contributed by atoms with Crippen LogP contribution >= 0.6 is 0 Å². The largest absolute Gasteiger partial charge is 0.493 e. The summed E-state index contributed by atoms with van der Waals surface area (Å²) in [6, 6.07) is 21.0. The van der Waals surface area contributed by atoms with Crippen molar-refractivity contribution < 1.29 is 14.3 Å². The van der Waals surface area contributed by atoms with Gasteiger partial charge < -0.3 is 20.5 Å². The van der Waals surface area contributed by atoms with Crippen molar-refractivity contribution in [1.82, 2.24) is 0 Å². The highest BCUT2D eigenvalue weighted by molar-refractivity contribution is 6.24.